The standard InChI is InChI=1S/C11H20N2OS/c1-4-11(14,5-2)8-12-6-10-13-9(3)7-15-10/h7,12,14H,4-6,8H2,1-3H3. The predicted octanol–water partition coefficient (Wildman–Crippen LogP) is 2.09. The molecule has 2 N–H and O–H groups in total. The molecular formula is C11H20N2OS. The Labute approximate surface area is 95.6 Å². The van der Waals surface area contributed by atoms with Gasteiger partial charge in [0.15, 0.2) is 0 Å². The first-order valence-corrected chi connectivity index (χ1v) is 6.31. The minimum Gasteiger partial charge on any atom is -0.389 e. The molecule has 0 aromatic carbocycles. The highest BCUT2D eigenvalue weighted by molar-refractivity contribution is 7.09. The lowest BCUT2D eigenvalue weighted by Crippen LogP contribution is -2.39. The van der Waals surface area contributed by atoms with Crippen LogP contribution < -0.4 is 5.32 Å². The Balaban J connectivity index is 2.32. The van der Waals surface area contributed by atoms with Gasteiger partial charge in [-0.3, -0.25) is 0 Å². The number of thiazole rings is 1. The maximum atomic E-state index is 10.0. The molecule has 0 unspecified atom stereocenters. The number of nitrogens with one attached hydrogen (secondary N) is 1. The molecule has 0 atom stereocenters. The first kappa shape index (κ1) is 12.6. The van der Waals surface area contributed by atoms with Crippen molar-refractivity contribution in [2.75, 3.05) is 6.54 Å². The second kappa shape index (κ2) is 5.58. The second-order valence-electron chi connectivity index (χ2n) is 3.92. The van der Waals surface area contributed by atoms with Crippen molar-refractivity contribution in [3.63, 3.8) is 0 Å². The van der Waals surface area contributed by atoms with Gasteiger partial charge in [-0.1, -0.05) is 13.8 Å². The predicted molar refractivity (Wildman–Crippen MR) is 64.1 cm³/mol. The fourth-order valence-corrected chi connectivity index (χ4v) is 2.13. The first-order valence-electron chi connectivity index (χ1n) is 5.43. The zero-order valence-corrected chi connectivity index (χ0v) is 10.5. The van der Waals surface area contributed by atoms with E-state index in [4.69, 9.17) is 0 Å². The highest BCUT2D eigenvalue weighted by atomic mass is 32.1. The number of rotatable bonds is 6. The minimum atomic E-state index is -0.563. The SMILES string of the molecule is CCC(O)(CC)CNCc1nc(C)cs1. The highest BCUT2D eigenvalue weighted by Gasteiger charge is 2.21. The van der Waals surface area contributed by atoms with Crippen molar-refractivity contribution in [1.29, 1.82) is 0 Å². The van der Waals surface area contributed by atoms with E-state index >= 15 is 0 Å². The number of nitrogens with zero attached hydrogens (tertiary/aromatic N) is 1. The number of hydrogen-bond acceptors (Lipinski definition) is 4. The molecule has 0 aliphatic rings. The summed E-state index contributed by atoms with van der Waals surface area (Å²) in [6.45, 7) is 7.41. The number of aliphatic hydroxyl groups is 1. The summed E-state index contributed by atoms with van der Waals surface area (Å²) in [6, 6.07) is 0. The molecule has 0 aliphatic carbocycles. The molecule has 1 rings (SSSR count). The van der Waals surface area contributed by atoms with Gasteiger partial charge in [-0.05, 0) is 19.8 Å². The van der Waals surface area contributed by atoms with E-state index in [0.717, 1.165) is 30.1 Å². The molecule has 0 radical (unpaired) electrons. The molecule has 1 heterocycles. The molecule has 15 heavy (non-hydrogen) atoms. The Kier molecular flexibility index (Phi) is 4.70. The average Bonchev–Trinajstić information content (AvgIpc) is 2.64. The summed E-state index contributed by atoms with van der Waals surface area (Å²) >= 11 is 1.66. The molecule has 1 aromatic rings. The minimum absolute atomic E-state index is 0.563. The second-order valence-corrected chi connectivity index (χ2v) is 4.86. The summed E-state index contributed by atoms with van der Waals surface area (Å²) in [5.74, 6) is 0. The lowest BCUT2D eigenvalue weighted by molar-refractivity contribution is 0.0323. The summed E-state index contributed by atoms with van der Waals surface area (Å²) in [5.41, 5.74) is 0.504. The van der Waals surface area contributed by atoms with Crippen LogP contribution in [0.15, 0.2) is 5.38 Å². The van der Waals surface area contributed by atoms with Gasteiger partial charge in [0.05, 0.1) is 5.60 Å². The molecule has 0 spiro atoms. The molecule has 4 heteroatoms. The van der Waals surface area contributed by atoms with Crippen molar-refractivity contribution < 1.29 is 5.11 Å². The Hall–Kier alpha value is -0.450. The quantitative estimate of drug-likeness (QED) is 0.783. The maximum absolute atomic E-state index is 10.0. The van der Waals surface area contributed by atoms with E-state index in [1.165, 1.54) is 0 Å². The van der Waals surface area contributed by atoms with Gasteiger partial charge in [0.2, 0.25) is 0 Å². The first-order chi connectivity index (χ1) is 7.09. The van der Waals surface area contributed by atoms with Crippen molar-refractivity contribution in [3.8, 4) is 0 Å². The van der Waals surface area contributed by atoms with Crippen molar-refractivity contribution in [2.45, 2.75) is 45.8 Å². The molecule has 0 bridgehead atoms. The van der Waals surface area contributed by atoms with E-state index in [0.29, 0.717) is 6.54 Å². The number of aromatic nitrogens is 1. The van der Waals surface area contributed by atoms with E-state index < -0.39 is 5.60 Å². The fourth-order valence-electron chi connectivity index (χ4n) is 1.39. The van der Waals surface area contributed by atoms with Crippen LogP contribution in [-0.2, 0) is 6.54 Å². The van der Waals surface area contributed by atoms with Crippen LogP contribution in [0.3, 0.4) is 0 Å². The van der Waals surface area contributed by atoms with Crippen LogP contribution in [0.1, 0.15) is 37.4 Å². The summed E-state index contributed by atoms with van der Waals surface area (Å²) < 4.78 is 0. The van der Waals surface area contributed by atoms with Crippen molar-refractivity contribution in [3.05, 3.63) is 16.1 Å². The van der Waals surface area contributed by atoms with Crippen LogP contribution in [0.25, 0.3) is 0 Å². The smallest absolute Gasteiger partial charge is 0.107 e. The highest BCUT2D eigenvalue weighted by Crippen LogP contribution is 2.14. The van der Waals surface area contributed by atoms with Gasteiger partial charge in [-0.2, -0.15) is 0 Å². The van der Waals surface area contributed by atoms with Crippen LogP contribution in [0.4, 0.5) is 0 Å². The third-order valence-corrected chi connectivity index (χ3v) is 3.68. The lowest BCUT2D eigenvalue weighted by atomic mass is 9.98. The van der Waals surface area contributed by atoms with Gasteiger partial charge < -0.3 is 10.4 Å². The fraction of sp³-hybridized carbons (Fsp3) is 0.727. The summed E-state index contributed by atoms with van der Waals surface area (Å²) in [7, 11) is 0. The molecule has 0 saturated carbocycles. The molecule has 3 nitrogen and oxygen atoms in total. The van der Waals surface area contributed by atoms with Crippen LogP contribution >= 0.6 is 11.3 Å². The van der Waals surface area contributed by atoms with Gasteiger partial charge in [-0.25, -0.2) is 4.98 Å². The Bertz CT molecular complexity index is 295. The number of aryl methyl sites for hydroxylation is 1. The van der Waals surface area contributed by atoms with Crippen molar-refractivity contribution in [2.24, 2.45) is 0 Å². The van der Waals surface area contributed by atoms with Crippen LogP contribution in [0, 0.1) is 6.92 Å². The van der Waals surface area contributed by atoms with Gasteiger partial charge in [0.25, 0.3) is 0 Å². The average molecular weight is 228 g/mol. The normalized spacial score (nSPS) is 12.0. The van der Waals surface area contributed by atoms with Gasteiger partial charge in [0, 0.05) is 24.2 Å². The van der Waals surface area contributed by atoms with E-state index in [1.54, 1.807) is 11.3 Å². The molecule has 1 aromatic heterocycles. The molecular weight excluding hydrogens is 208 g/mol. The Morgan fingerprint density at radius 1 is 1.47 bits per heavy atom. The summed E-state index contributed by atoms with van der Waals surface area (Å²) in [6.07, 6.45) is 1.57. The zero-order valence-electron chi connectivity index (χ0n) is 9.71. The zero-order chi connectivity index (χ0) is 11.3. The third-order valence-electron chi connectivity index (χ3n) is 2.71. The lowest BCUT2D eigenvalue weighted by Gasteiger charge is -2.25. The van der Waals surface area contributed by atoms with E-state index in [9.17, 15) is 5.11 Å². The van der Waals surface area contributed by atoms with E-state index in [2.05, 4.69) is 10.3 Å². The molecule has 0 fully saturated rings. The molecule has 0 aliphatic heterocycles. The molecule has 86 valence electrons. The monoisotopic (exact) mass is 228 g/mol. The topological polar surface area (TPSA) is 45.1 Å². The number of hydrogen-bond donors (Lipinski definition) is 2. The van der Waals surface area contributed by atoms with Crippen LogP contribution in [0.5, 0.6) is 0 Å². The Morgan fingerprint density at radius 3 is 2.60 bits per heavy atom. The maximum Gasteiger partial charge on any atom is 0.107 e. The summed E-state index contributed by atoms with van der Waals surface area (Å²) in [4.78, 5) is 4.36. The van der Waals surface area contributed by atoms with Crippen molar-refractivity contribution in [1.82, 2.24) is 10.3 Å². The summed E-state index contributed by atoms with van der Waals surface area (Å²) in [5, 5.41) is 16.4. The molecule has 0 amide bonds. The van der Waals surface area contributed by atoms with E-state index in [1.807, 2.05) is 26.2 Å². The van der Waals surface area contributed by atoms with E-state index in [-0.39, 0.29) is 0 Å². The largest absolute Gasteiger partial charge is 0.389 e. The Morgan fingerprint density at radius 2 is 2.13 bits per heavy atom. The van der Waals surface area contributed by atoms with Gasteiger partial charge in [0.1, 0.15) is 5.01 Å². The van der Waals surface area contributed by atoms with Crippen molar-refractivity contribution >= 4 is 11.3 Å². The van der Waals surface area contributed by atoms with Crippen LogP contribution in [0.2, 0.25) is 0 Å². The van der Waals surface area contributed by atoms with Crippen LogP contribution in [-0.4, -0.2) is 22.2 Å². The van der Waals surface area contributed by atoms with Gasteiger partial charge in [-0.15, -0.1) is 11.3 Å². The third kappa shape index (κ3) is 3.89. The molecule has 0 saturated heterocycles. The van der Waals surface area contributed by atoms with Gasteiger partial charge >= 0.3 is 0 Å².